The van der Waals surface area contributed by atoms with Crippen LogP contribution in [-0.4, -0.2) is 102 Å². The van der Waals surface area contributed by atoms with Gasteiger partial charge >= 0.3 is 6.09 Å². The van der Waals surface area contributed by atoms with Crippen LogP contribution in [0.2, 0.25) is 0 Å². The monoisotopic (exact) mass is 640 g/mol. The molecular weight excluding hydrogens is 604 g/mol. The van der Waals surface area contributed by atoms with Gasteiger partial charge in [-0.3, -0.25) is 9.69 Å². The third-order valence-electron chi connectivity index (χ3n) is 8.78. The first-order chi connectivity index (χ1) is 21.2. The van der Waals surface area contributed by atoms with E-state index in [0.717, 1.165) is 41.6 Å². The van der Waals surface area contributed by atoms with Crippen molar-refractivity contribution in [3.63, 3.8) is 0 Å². The lowest BCUT2D eigenvalue weighted by Gasteiger charge is -2.42. The average Bonchev–Trinajstić information content (AvgIpc) is 3.68. The highest BCUT2D eigenvalue weighted by Crippen LogP contribution is 2.52. The molecule has 3 aromatic rings. The van der Waals surface area contributed by atoms with Gasteiger partial charge in [-0.25, -0.2) is 4.79 Å². The minimum Gasteiger partial charge on any atom is -0.497 e. The van der Waals surface area contributed by atoms with E-state index in [4.69, 9.17) is 14.2 Å². The molecule has 1 unspecified atom stereocenters. The SMILES string of the molecule is COc1ccc2c(c1)C(OC(=O)N1CCN(C3CCN(C)CC3)CC1)(c1ccccc1OC)C(=O)N2S(=O)(=O)c1cccs1. The van der Waals surface area contributed by atoms with Gasteiger partial charge in [0.2, 0.25) is 5.60 Å². The molecular formula is C31H36N4O7S2. The van der Waals surface area contributed by atoms with Gasteiger partial charge < -0.3 is 24.0 Å². The van der Waals surface area contributed by atoms with Crippen LogP contribution in [0.5, 0.6) is 11.5 Å². The molecule has 6 rings (SSSR count). The molecule has 0 aliphatic carbocycles. The molecule has 11 nitrogen and oxygen atoms in total. The van der Waals surface area contributed by atoms with E-state index in [1.165, 1.54) is 26.4 Å². The fourth-order valence-corrected chi connectivity index (χ4v) is 8.90. The Bertz CT molecular complexity index is 1630. The normalized spacial score (nSPS) is 21.8. The maximum atomic E-state index is 14.7. The van der Waals surface area contributed by atoms with Crippen molar-refractivity contribution in [2.24, 2.45) is 0 Å². The highest BCUT2D eigenvalue weighted by Gasteiger charge is 2.61. The minimum absolute atomic E-state index is 0.0141. The van der Waals surface area contributed by atoms with Crippen LogP contribution in [0.4, 0.5) is 10.5 Å². The number of para-hydroxylation sites is 1. The van der Waals surface area contributed by atoms with Gasteiger partial charge in [0.05, 0.1) is 25.5 Å². The Hall–Kier alpha value is -3.65. The van der Waals surface area contributed by atoms with E-state index in [1.54, 1.807) is 52.7 Å². The first kappa shape index (κ1) is 30.4. The molecule has 0 bridgehead atoms. The number of ether oxygens (including phenoxy) is 3. The van der Waals surface area contributed by atoms with E-state index in [-0.39, 0.29) is 26.8 Å². The lowest BCUT2D eigenvalue weighted by molar-refractivity contribution is -0.132. The van der Waals surface area contributed by atoms with Gasteiger partial charge in [0.25, 0.3) is 15.9 Å². The summed E-state index contributed by atoms with van der Waals surface area (Å²) in [6.45, 7) is 4.30. The van der Waals surface area contributed by atoms with E-state index in [1.807, 2.05) is 0 Å². The second kappa shape index (κ2) is 12.0. The van der Waals surface area contributed by atoms with E-state index in [0.29, 0.717) is 38.0 Å². The van der Waals surface area contributed by atoms with Crippen molar-refractivity contribution >= 4 is 39.0 Å². The molecule has 44 heavy (non-hydrogen) atoms. The molecule has 13 heteroatoms. The summed E-state index contributed by atoms with van der Waals surface area (Å²) in [4.78, 5) is 35.1. The lowest BCUT2D eigenvalue weighted by Crippen LogP contribution is -2.55. The first-order valence-electron chi connectivity index (χ1n) is 14.6. The van der Waals surface area contributed by atoms with Crippen molar-refractivity contribution in [3.8, 4) is 11.5 Å². The molecule has 0 N–H and O–H groups in total. The van der Waals surface area contributed by atoms with Crippen molar-refractivity contribution in [2.45, 2.75) is 28.7 Å². The van der Waals surface area contributed by atoms with Crippen molar-refractivity contribution in [1.82, 2.24) is 14.7 Å². The van der Waals surface area contributed by atoms with E-state index in [2.05, 4.69) is 16.8 Å². The number of piperidine rings is 1. The number of hydrogen-bond donors (Lipinski definition) is 0. The van der Waals surface area contributed by atoms with Crippen LogP contribution >= 0.6 is 11.3 Å². The fourth-order valence-electron chi connectivity index (χ4n) is 6.38. The molecule has 2 aromatic carbocycles. The Morgan fingerprint density at radius 1 is 0.909 bits per heavy atom. The molecule has 4 heterocycles. The molecule has 0 saturated carbocycles. The molecule has 2 amide bonds. The number of anilines is 1. The number of sulfonamides is 1. The van der Waals surface area contributed by atoms with Gasteiger partial charge in [-0.1, -0.05) is 24.3 Å². The van der Waals surface area contributed by atoms with Crippen molar-refractivity contribution in [3.05, 3.63) is 71.1 Å². The first-order valence-corrected chi connectivity index (χ1v) is 16.9. The zero-order valence-electron chi connectivity index (χ0n) is 25.0. The number of nitrogens with zero attached hydrogens (tertiary/aromatic N) is 4. The Morgan fingerprint density at radius 2 is 1.64 bits per heavy atom. The lowest BCUT2D eigenvalue weighted by atomic mass is 9.86. The number of hydrogen-bond acceptors (Lipinski definition) is 10. The second-order valence-electron chi connectivity index (χ2n) is 11.2. The van der Waals surface area contributed by atoms with Gasteiger partial charge in [-0.15, -0.1) is 11.3 Å². The third kappa shape index (κ3) is 5.11. The molecule has 0 radical (unpaired) electrons. The van der Waals surface area contributed by atoms with Gasteiger partial charge in [0.15, 0.2) is 0 Å². The largest absolute Gasteiger partial charge is 0.497 e. The van der Waals surface area contributed by atoms with Gasteiger partial charge in [0, 0.05) is 37.8 Å². The predicted molar refractivity (Wildman–Crippen MR) is 166 cm³/mol. The summed E-state index contributed by atoms with van der Waals surface area (Å²) in [6, 6.07) is 14.8. The third-order valence-corrected chi connectivity index (χ3v) is 11.9. The van der Waals surface area contributed by atoms with Crippen LogP contribution in [0, 0.1) is 0 Å². The van der Waals surface area contributed by atoms with E-state index < -0.39 is 27.6 Å². The average molecular weight is 641 g/mol. The van der Waals surface area contributed by atoms with E-state index >= 15 is 0 Å². The summed E-state index contributed by atoms with van der Waals surface area (Å²) in [5.41, 5.74) is -1.70. The number of piperazine rings is 1. The zero-order valence-corrected chi connectivity index (χ0v) is 26.6. The molecule has 3 aliphatic rings. The number of amides is 2. The summed E-state index contributed by atoms with van der Waals surface area (Å²) in [5.74, 6) is -0.296. The maximum Gasteiger partial charge on any atom is 0.411 e. The Kier molecular flexibility index (Phi) is 8.31. The van der Waals surface area contributed by atoms with Gasteiger partial charge in [0.1, 0.15) is 15.7 Å². The molecule has 1 atom stereocenters. The highest BCUT2D eigenvalue weighted by molar-refractivity contribution is 7.95. The summed E-state index contributed by atoms with van der Waals surface area (Å²) in [6.07, 6.45) is 1.45. The van der Waals surface area contributed by atoms with Gasteiger partial charge in [-0.05, 0) is 68.7 Å². The quantitative estimate of drug-likeness (QED) is 0.383. The Balaban J connectivity index is 1.40. The van der Waals surface area contributed by atoms with Crippen molar-refractivity contribution in [1.29, 1.82) is 0 Å². The number of rotatable bonds is 7. The number of fused-ring (bicyclic) bond motifs is 1. The number of carbonyl (C=O) groups is 2. The van der Waals surface area contributed by atoms with Crippen molar-refractivity contribution < 1.29 is 32.2 Å². The molecule has 2 saturated heterocycles. The van der Waals surface area contributed by atoms with Crippen LogP contribution in [-0.2, 0) is 25.2 Å². The second-order valence-corrected chi connectivity index (χ2v) is 14.2. The van der Waals surface area contributed by atoms with E-state index in [9.17, 15) is 18.0 Å². The molecule has 2 fully saturated rings. The number of methoxy groups -OCH3 is 2. The standard InChI is InChI=1S/C31H36N4O7S2/c1-32-14-12-22(13-15-32)33-16-18-34(19-17-33)30(37)42-31(24-7-4-5-8-27(24)41-3)25-21-23(40-2)10-11-26(25)35(29(31)36)44(38,39)28-9-6-20-43-28/h4-11,20-22H,12-19H2,1-3H3. The number of benzene rings is 2. The van der Waals surface area contributed by atoms with Crippen LogP contribution < -0.4 is 13.8 Å². The van der Waals surface area contributed by atoms with Crippen LogP contribution in [0.15, 0.2) is 64.2 Å². The smallest absolute Gasteiger partial charge is 0.411 e. The predicted octanol–water partition coefficient (Wildman–Crippen LogP) is 3.59. The fraction of sp³-hybridized carbons (Fsp3) is 0.419. The molecule has 234 valence electrons. The Morgan fingerprint density at radius 3 is 2.30 bits per heavy atom. The topological polar surface area (TPSA) is 109 Å². The highest BCUT2D eigenvalue weighted by atomic mass is 32.2. The van der Waals surface area contributed by atoms with Crippen LogP contribution in [0.3, 0.4) is 0 Å². The van der Waals surface area contributed by atoms with Crippen LogP contribution in [0.1, 0.15) is 24.0 Å². The van der Waals surface area contributed by atoms with Crippen molar-refractivity contribution in [2.75, 3.05) is 64.8 Å². The van der Waals surface area contributed by atoms with Gasteiger partial charge in [-0.2, -0.15) is 12.7 Å². The summed E-state index contributed by atoms with van der Waals surface area (Å²) in [7, 11) is 0.695. The summed E-state index contributed by atoms with van der Waals surface area (Å²) < 4.78 is 46.1. The maximum absolute atomic E-state index is 14.7. The Labute approximate surface area is 261 Å². The minimum atomic E-state index is -4.35. The molecule has 0 spiro atoms. The number of likely N-dealkylation sites (tertiary alicyclic amines) is 1. The summed E-state index contributed by atoms with van der Waals surface area (Å²) in [5, 5.41) is 1.63. The zero-order chi connectivity index (χ0) is 31.1. The number of carbonyl (C=O) groups excluding carboxylic acids is 2. The van der Waals surface area contributed by atoms with Crippen LogP contribution in [0.25, 0.3) is 0 Å². The molecule has 3 aliphatic heterocycles. The summed E-state index contributed by atoms with van der Waals surface area (Å²) >= 11 is 0.999. The molecule has 1 aromatic heterocycles. The number of thiophene rings is 1.